The lowest BCUT2D eigenvalue weighted by Crippen LogP contribution is -2.29. The molecule has 2 aromatic heterocycles. The molecule has 1 aromatic carbocycles. The SMILES string of the molecule is Cc1nccn1CCC(NC(=O)c1cnco1)c1ccccc1. The van der Waals surface area contributed by atoms with Crippen LogP contribution in [0.4, 0.5) is 0 Å². The van der Waals surface area contributed by atoms with E-state index in [-0.39, 0.29) is 17.7 Å². The van der Waals surface area contributed by atoms with Crippen LogP contribution in [0.15, 0.2) is 59.7 Å². The molecule has 118 valence electrons. The highest BCUT2D eigenvalue weighted by Crippen LogP contribution is 2.18. The zero-order valence-electron chi connectivity index (χ0n) is 12.8. The van der Waals surface area contributed by atoms with E-state index in [4.69, 9.17) is 4.42 Å². The van der Waals surface area contributed by atoms with Gasteiger partial charge in [-0.2, -0.15) is 0 Å². The van der Waals surface area contributed by atoms with Crippen molar-refractivity contribution < 1.29 is 9.21 Å². The number of aryl methyl sites for hydroxylation is 2. The van der Waals surface area contributed by atoms with Gasteiger partial charge in [0.05, 0.1) is 12.2 Å². The maximum atomic E-state index is 12.3. The van der Waals surface area contributed by atoms with Gasteiger partial charge in [-0.3, -0.25) is 4.79 Å². The number of hydrogen-bond donors (Lipinski definition) is 1. The summed E-state index contributed by atoms with van der Waals surface area (Å²) in [5.41, 5.74) is 1.05. The Morgan fingerprint density at radius 1 is 1.35 bits per heavy atom. The summed E-state index contributed by atoms with van der Waals surface area (Å²) >= 11 is 0. The van der Waals surface area contributed by atoms with Crippen LogP contribution in [0.5, 0.6) is 0 Å². The molecular weight excluding hydrogens is 292 g/mol. The van der Waals surface area contributed by atoms with Crippen LogP contribution in [0.1, 0.15) is 34.4 Å². The summed E-state index contributed by atoms with van der Waals surface area (Å²) in [6.07, 6.45) is 7.13. The molecule has 0 saturated heterocycles. The van der Waals surface area contributed by atoms with Gasteiger partial charge in [0.1, 0.15) is 5.82 Å². The zero-order valence-corrected chi connectivity index (χ0v) is 12.8. The summed E-state index contributed by atoms with van der Waals surface area (Å²) in [5.74, 6) is 0.904. The average molecular weight is 310 g/mol. The van der Waals surface area contributed by atoms with Crippen LogP contribution in [-0.4, -0.2) is 20.4 Å². The molecule has 0 aliphatic heterocycles. The Bertz CT molecular complexity index is 750. The maximum Gasteiger partial charge on any atom is 0.289 e. The van der Waals surface area contributed by atoms with E-state index in [9.17, 15) is 4.79 Å². The first-order valence-corrected chi connectivity index (χ1v) is 7.46. The lowest BCUT2D eigenvalue weighted by Gasteiger charge is -2.19. The molecule has 0 saturated carbocycles. The second-order valence-corrected chi connectivity index (χ2v) is 5.26. The van der Waals surface area contributed by atoms with Crippen molar-refractivity contribution in [3.8, 4) is 0 Å². The maximum absolute atomic E-state index is 12.3. The van der Waals surface area contributed by atoms with Crippen molar-refractivity contribution in [2.24, 2.45) is 0 Å². The Morgan fingerprint density at radius 2 is 2.17 bits per heavy atom. The van der Waals surface area contributed by atoms with E-state index in [1.807, 2.05) is 43.5 Å². The molecule has 1 unspecified atom stereocenters. The molecule has 0 aliphatic rings. The summed E-state index contributed by atoms with van der Waals surface area (Å²) in [4.78, 5) is 20.3. The van der Waals surface area contributed by atoms with Gasteiger partial charge in [0, 0.05) is 18.9 Å². The number of hydrogen-bond acceptors (Lipinski definition) is 4. The average Bonchev–Trinajstić information content (AvgIpc) is 3.24. The van der Waals surface area contributed by atoms with Gasteiger partial charge in [0.2, 0.25) is 5.76 Å². The largest absolute Gasteiger partial charge is 0.438 e. The second kappa shape index (κ2) is 6.91. The van der Waals surface area contributed by atoms with Crippen molar-refractivity contribution in [1.29, 1.82) is 0 Å². The predicted octanol–water partition coefficient (Wildman–Crippen LogP) is 2.74. The molecule has 3 rings (SSSR count). The number of rotatable bonds is 6. The number of oxazole rings is 1. The van der Waals surface area contributed by atoms with E-state index in [0.29, 0.717) is 0 Å². The molecule has 0 radical (unpaired) electrons. The highest BCUT2D eigenvalue weighted by Gasteiger charge is 2.18. The molecule has 2 heterocycles. The Morgan fingerprint density at radius 3 is 2.83 bits per heavy atom. The smallest absolute Gasteiger partial charge is 0.289 e. The summed E-state index contributed by atoms with van der Waals surface area (Å²) in [7, 11) is 0. The van der Waals surface area contributed by atoms with Gasteiger partial charge in [0.15, 0.2) is 6.39 Å². The van der Waals surface area contributed by atoms with Crippen molar-refractivity contribution in [3.63, 3.8) is 0 Å². The van der Waals surface area contributed by atoms with Crippen LogP contribution < -0.4 is 5.32 Å². The Kier molecular flexibility index (Phi) is 4.52. The zero-order chi connectivity index (χ0) is 16.1. The number of benzene rings is 1. The number of aromatic nitrogens is 3. The van der Waals surface area contributed by atoms with Crippen LogP contribution in [0, 0.1) is 6.92 Å². The Hall–Kier alpha value is -2.89. The summed E-state index contributed by atoms with van der Waals surface area (Å²) in [6, 6.07) is 9.78. The van der Waals surface area contributed by atoms with E-state index in [1.165, 1.54) is 12.6 Å². The predicted molar refractivity (Wildman–Crippen MR) is 84.7 cm³/mol. The Labute approximate surface area is 134 Å². The third kappa shape index (κ3) is 3.66. The first kappa shape index (κ1) is 15.0. The van der Waals surface area contributed by atoms with Gasteiger partial charge in [-0.15, -0.1) is 0 Å². The summed E-state index contributed by atoms with van der Waals surface area (Å²) in [5, 5.41) is 3.01. The first-order chi connectivity index (χ1) is 11.2. The summed E-state index contributed by atoms with van der Waals surface area (Å²) < 4.78 is 7.13. The molecule has 0 aliphatic carbocycles. The van der Waals surface area contributed by atoms with Gasteiger partial charge in [-0.25, -0.2) is 9.97 Å². The minimum atomic E-state index is -0.265. The lowest BCUT2D eigenvalue weighted by molar-refractivity contribution is 0.0905. The van der Waals surface area contributed by atoms with Gasteiger partial charge < -0.3 is 14.3 Å². The topological polar surface area (TPSA) is 73.0 Å². The molecule has 0 fully saturated rings. The minimum absolute atomic E-state index is 0.115. The van der Waals surface area contributed by atoms with Crippen LogP contribution in [-0.2, 0) is 6.54 Å². The molecule has 6 nitrogen and oxygen atoms in total. The van der Waals surface area contributed by atoms with Gasteiger partial charge in [0.25, 0.3) is 5.91 Å². The number of carbonyl (C=O) groups is 1. The van der Waals surface area contributed by atoms with Crippen LogP contribution >= 0.6 is 0 Å². The lowest BCUT2D eigenvalue weighted by atomic mass is 10.0. The Balaban J connectivity index is 1.74. The third-order valence-electron chi connectivity index (χ3n) is 3.75. The molecule has 6 heteroatoms. The van der Waals surface area contributed by atoms with E-state index in [2.05, 4.69) is 19.9 Å². The molecule has 23 heavy (non-hydrogen) atoms. The highest BCUT2D eigenvalue weighted by atomic mass is 16.3. The van der Waals surface area contributed by atoms with Crippen LogP contribution in [0.2, 0.25) is 0 Å². The monoisotopic (exact) mass is 310 g/mol. The van der Waals surface area contributed by atoms with Crippen molar-refractivity contribution in [2.45, 2.75) is 25.9 Å². The molecule has 3 aromatic rings. The highest BCUT2D eigenvalue weighted by molar-refractivity contribution is 5.91. The summed E-state index contributed by atoms with van der Waals surface area (Å²) in [6.45, 7) is 2.73. The molecule has 1 amide bonds. The van der Waals surface area contributed by atoms with Gasteiger partial charge in [-0.1, -0.05) is 30.3 Å². The fourth-order valence-electron chi connectivity index (χ4n) is 2.47. The second-order valence-electron chi connectivity index (χ2n) is 5.26. The van der Waals surface area contributed by atoms with Crippen LogP contribution in [0.25, 0.3) is 0 Å². The molecule has 1 atom stereocenters. The number of amides is 1. The standard InChI is InChI=1S/C17H18N4O2/c1-13-19-8-10-21(13)9-7-15(14-5-3-2-4-6-14)20-17(22)16-11-18-12-23-16/h2-6,8,10-12,15H,7,9H2,1H3,(H,20,22). The first-order valence-electron chi connectivity index (χ1n) is 7.46. The van der Waals surface area contributed by atoms with Gasteiger partial charge >= 0.3 is 0 Å². The van der Waals surface area contributed by atoms with Crippen molar-refractivity contribution >= 4 is 5.91 Å². The van der Waals surface area contributed by atoms with Crippen molar-refractivity contribution in [2.75, 3.05) is 0 Å². The molecule has 0 spiro atoms. The number of imidazole rings is 1. The van der Waals surface area contributed by atoms with E-state index in [1.54, 1.807) is 6.20 Å². The van der Waals surface area contributed by atoms with Crippen LogP contribution in [0.3, 0.4) is 0 Å². The van der Waals surface area contributed by atoms with Gasteiger partial charge in [-0.05, 0) is 18.9 Å². The van der Waals surface area contributed by atoms with E-state index in [0.717, 1.165) is 24.4 Å². The fourth-order valence-corrected chi connectivity index (χ4v) is 2.47. The van der Waals surface area contributed by atoms with E-state index >= 15 is 0 Å². The quantitative estimate of drug-likeness (QED) is 0.760. The van der Waals surface area contributed by atoms with E-state index < -0.39 is 0 Å². The van der Waals surface area contributed by atoms with Crippen molar-refractivity contribution in [1.82, 2.24) is 19.9 Å². The minimum Gasteiger partial charge on any atom is -0.438 e. The molecule has 0 bridgehead atoms. The van der Waals surface area contributed by atoms with Crippen molar-refractivity contribution in [3.05, 3.63) is 72.5 Å². The number of nitrogens with zero attached hydrogens (tertiary/aromatic N) is 3. The fraction of sp³-hybridized carbons (Fsp3) is 0.235. The molecular formula is C17H18N4O2. The number of carbonyl (C=O) groups excluding carboxylic acids is 1. The number of nitrogens with one attached hydrogen (secondary N) is 1. The molecule has 1 N–H and O–H groups in total. The normalized spacial score (nSPS) is 12.0. The third-order valence-corrected chi connectivity index (χ3v) is 3.75.